The Kier molecular flexibility index (Phi) is 19.4. The van der Waals surface area contributed by atoms with Gasteiger partial charge in [-0.2, -0.15) is 0 Å². The predicted molar refractivity (Wildman–Crippen MR) is 240 cm³/mol. The maximum atomic E-state index is 12.6. The zero-order valence-electron chi connectivity index (χ0n) is 38.9. The highest BCUT2D eigenvalue weighted by molar-refractivity contribution is 5.69. The molecule has 0 aromatic rings. The van der Waals surface area contributed by atoms with Crippen molar-refractivity contribution in [2.45, 2.75) is 239 Å². The summed E-state index contributed by atoms with van der Waals surface area (Å²) in [6, 6.07) is 0. The fourth-order valence-electron chi connectivity index (χ4n) is 13.2. The number of ether oxygens (including phenoxy) is 3. The minimum absolute atomic E-state index is 0.143. The van der Waals surface area contributed by atoms with E-state index in [0.717, 1.165) is 93.3 Å². The number of carbonyl (C=O) groups is 1. The van der Waals surface area contributed by atoms with Crippen molar-refractivity contribution in [1.29, 1.82) is 0 Å². The summed E-state index contributed by atoms with van der Waals surface area (Å²) in [4.78, 5) is 12.6. The zero-order chi connectivity index (χ0) is 42.6. The fourth-order valence-corrected chi connectivity index (χ4v) is 13.2. The predicted octanol–water partition coefficient (Wildman–Crippen LogP) is 12.0. The lowest BCUT2D eigenvalue weighted by molar-refractivity contribution is -0.313. The van der Waals surface area contributed by atoms with Crippen molar-refractivity contribution in [3.05, 3.63) is 23.8 Å². The molecule has 0 radical (unpaired) electrons. The van der Waals surface area contributed by atoms with Crippen LogP contribution in [0.25, 0.3) is 0 Å². The average molecular weight is 827 g/mol. The summed E-state index contributed by atoms with van der Waals surface area (Å²) < 4.78 is 18.0. The van der Waals surface area contributed by atoms with E-state index in [-0.39, 0.29) is 24.1 Å². The van der Waals surface area contributed by atoms with Gasteiger partial charge >= 0.3 is 5.97 Å². The number of rotatable bonds is 24. The van der Waals surface area contributed by atoms with Crippen LogP contribution in [0.1, 0.15) is 203 Å². The zero-order valence-corrected chi connectivity index (χ0v) is 38.9. The summed E-state index contributed by atoms with van der Waals surface area (Å²) in [6.45, 7) is 17.0. The molecule has 4 fully saturated rings. The van der Waals surface area contributed by atoms with Crippen molar-refractivity contribution in [3.63, 3.8) is 0 Å². The van der Waals surface area contributed by atoms with Crippen LogP contribution in [-0.4, -0.2) is 64.7 Å². The molecule has 1 saturated heterocycles. The van der Waals surface area contributed by atoms with Crippen LogP contribution in [0.3, 0.4) is 0 Å². The summed E-state index contributed by atoms with van der Waals surface area (Å²) in [5, 5.41) is 32.5. The van der Waals surface area contributed by atoms with Gasteiger partial charge in [-0.15, -0.1) is 0 Å². The van der Waals surface area contributed by atoms with Crippen molar-refractivity contribution in [2.24, 2.45) is 52.3 Å². The monoisotopic (exact) mass is 827 g/mol. The number of fused-ring (bicyclic) bond motifs is 5. The SMILES string of the molecule is CCCCCCC/C=C\CCCCCCCC(=O)OCC1OC(OC2CCC3(C)C(=CCC4C3CCC3(C)C(C(C)CCC(CC)C(C)C)CCC43)C2)C(O)C(O)C1O. The molecule has 7 nitrogen and oxygen atoms in total. The number of hydrogen-bond donors (Lipinski definition) is 3. The van der Waals surface area contributed by atoms with Crippen LogP contribution < -0.4 is 0 Å². The second kappa shape index (κ2) is 23.4. The van der Waals surface area contributed by atoms with Crippen LogP contribution in [0.15, 0.2) is 23.8 Å². The van der Waals surface area contributed by atoms with Gasteiger partial charge in [0.1, 0.15) is 31.0 Å². The first kappa shape index (κ1) is 48.8. The van der Waals surface area contributed by atoms with E-state index in [1.807, 2.05) is 0 Å². The molecule has 4 aliphatic carbocycles. The lowest BCUT2D eigenvalue weighted by Crippen LogP contribution is -2.60. The van der Waals surface area contributed by atoms with Crippen LogP contribution >= 0.6 is 0 Å². The molecule has 0 aromatic carbocycles. The molecule has 3 N–H and O–H groups in total. The maximum absolute atomic E-state index is 12.6. The number of allylic oxidation sites excluding steroid dienone is 3. The van der Waals surface area contributed by atoms with Crippen LogP contribution in [0.2, 0.25) is 0 Å². The number of carbonyl (C=O) groups excluding carboxylic acids is 1. The summed E-state index contributed by atoms with van der Waals surface area (Å²) >= 11 is 0. The molecule has 340 valence electrons. The maximum Gasteiger partial charge on any atom is 0.305 e. The Bertz CT molecular complexity index is 1310. The van der Waals surface area contributed by atoms with Crippen LogP contribution in [0, 0.1) is 52.3 Å². The Morgan fingerprint density at radius 3 is 2.22 bits per heavy atom. The van der Waals surface area contributed by atoms with Crippen molar-refractivity contribution >= 4 is 5.97 Å². The Labute approximate surface area is 361 Å². The summed E-state index contributed by atoms with van der Waals surface area (Å²) in [6.07, 6.45) is 28.7. The van der Waals surface area contributed by atoms with Crippen LogP contribution in [0.4, 0.5) is 0 Å². The topological polar surface area (TPSA) is 105 Å². The molecule has 1 heterocycles. The Morgan fingerprint density at radius 1 is 0.831 bits per heavy atom. The van der Waals surface area contributed by atoms with Crippen molar-refractivity contribution < 1.29 is 34.3 Å². The minimum atomic E-state index is -1.45. The number of aliphatic hydroxyl groups excluding tert-OH is 3. The number of hydrogen-bond acceptors (Lipinski definition) is 7. The molecule has 14 atom stereocenters. The highest BCUT2D eigenvalue weighted by Gasteiger charge is 2.59. The largest absolute Gasteiger partial charge is 0.463 e. The van der Waals surface area contributed by atoms with Gasteiger partial charge in [0, 0.05) is 6.42 Å². The molecule has 14 unspecified atom stereocenters. The van der Waals surface area contributed by atoms with E-state index in [9.17, 15) is 20.1 Å². The standard InChI is InChI=1S/C52H90O7/c1-8-10-11-12-13-14-15-16-17-18-19-20-21-22-23-46(53)57-35-45-47(54)48(55)49(56)50(59-45)58-40-30-32-51(6)39(34-40)26-27-41-43-29-28-42(52(43,7)33-31-44(41)51)37(5)24-25-38(9-2)36(3)4/h15-16,26,36-38,40-45,47-50,54-56H,8-14,17-25,27-35H2,1-7H3/b16-15-. The van der Waals surface area contributed by atoms with Gasteiger partial charge in [-0.25, -0.2) is 0 Å². The first-order valence-electron chi connectivity index (χ1n) is 25.2. The highest BCUT2D eigenvalue weighted by atomic mass is 16.7. The molecule has 0 spiro atoms. The summed E-state index contributed by atoms with van der Waals surface area (Å²) in [7, 11) is 0. The van der Waals surface area contributed by atoms with Gasteiger partial charge in [0.05, 0.1) is 6.10 Å². The van der Waals surface area contributed by atoms with Gasteiger partial charge in [-0.1, -0.05) is 130 Å². The van der Waals surface area contributed by atoms with E-state index in [1.54, 1.807) is 0 Å². The first-order chi connectivity index (χ1) is 28.3. The first-order valence-corrected chi connectivity index (χ1v) is 25.2. The van der Waals surface area contributed by atoms with E-state index in [2.05, 4.69) is 66.7 Å². The third kappa shape index (κ3) is 12.5. The van der Waals surface area contributed by atoms with E-state index >= 15 is 0 Å². The minimum Gasteiger partial charge on any atom is -0.463 e. The molecule has 7 heteroatoms. The number of unbranched alkanes of at least 4 members (excludes halogenated alkanes) is 10. The van der Waals surface area contributed by atoms with Gasteiger partial charge in [-0.05, 0) is 142 Å². The molecule has 0 bridgehead atoms. The summed E-state index contributed by atoms with van der Waals surface area (Å²) in [5.41, 5.74) is 2.12. The molecule has 0 amide bonds. The van der Waals surface area contributed by atoms with Gasteiger partial charge < -0.3 is 29.5 Å². The molecule has 0 aromatic heterocycles. The van der Waals surface area contributed by atoms with E-state index in [0.29, 0.717) is 17.8 Å². The van der Waals surface area contributed by atoms with Gasteiger partial charge in [0.15, 0.2) is 6.29 Å². The molecule has 3 saturated carbocycles. The Morgan fingerprint density at radius 2 is 1.53 bits per heavy atom. The second-order valence-electron chi connectivity index (χ2n) is 21.1. The molecule has 59 heavy (non-hydrogen) atoms. The molecule has 1 aliphatic heterocycles. The van der Waals surface area contributed by atoms with E-state index in [1.165, 1.54) is 95.5 Å². The smallest absolute Gasteiger partial charge is 0.305 e. The van der Waals surface area contributed by atoms with E-state index < -0.39 is 30.7 Å². The van der Waals surface area contributed by atoms with Crippen LogP contribution in [-0.2, 0) is 19.0 Å². The number of esters is 1. The summed E-state index contributed by atoms with van der Waals surface area (Å²) in [5.74, 6) is 5.21. The van der Waals surface area contributed by atoms with Gasteiger partial charge in [-0.3, -0.25) is 4.79 Å². The highest BCUT2D eigenvalue weighted by Crippen LogP contribution is 2.67. The molecule has 5 aliphatic rings. The van der Waals surface area contributed by atoms with Crippen LogP contribution in [0.5, 0.6) is 0 Å². The van der Waals surface area contributed by atoms with Crippen molar-refractivity contribution in [1.82, 2.24) is 0 Å². The second-order valence-corrected chi connectivity index (χ2v) is 21.1. The third-order valence-electron chi connectivity index (χ3n) is 17.1. The van der Waals surface area contributed by atoms with Gasteiger partial charge in [0.2, 0.25) is 0 Å². The lowest BCUT2D eigenvalue weighted by Gasteiger charge is -2.58. The quantitative estimate of drug-likeness (QED) is 0.0505. The Balaban J connectivity index is 1.03. The fraction of sp³-hybridized carbons (Fsp3) is 0.904. The molecule has 5 rings (SSSR count). The Hall–Kier alpha value is -1.25. The van der Waals surface area contributed by atoms with Crippen molar-refractivity contribution in [3.8, 4) is 0 Å². The molecular formula is C52H90O7. The normalized spacial score (nSPS) is 36.8. The van der Waals surface area contributed by atoms with E-state index in [4.69, 9.17) is 14.2 Å². The average Bonchev–Trinajstić information content (AvgIpc) is 3.58. The van der Waals surface area contributed by atoms with Gasteiger partial charge in [0.25, 0.3) is 0 Å². The third-order valence-corrected chi connectivity index (χ3v) is 17.1. The lowest BCUT2D eigenvalue weighted by atomic mass is 9.47. The molecular weight excluding hydrogens is 737 g/mol. The number of aliphatic hydroxyl groups is 3. The van der Waals surface area contributed by atoms with Crippen molar-refractivity contribution in [2.75, 3.05) is 6.61 Å².